The molecule has 0 radical (unpaired) electrons. The van der Waals surface area contributed by atoms with Crippen molar-refractivity contribution in [3.05, 3.63) is 29.3 Å². The van der Waals surface area contributed by atoms with Gasteiger partial charge in [-0.05, 0) is 30.9 Å². The van der Waals surface area contributed by atoms with E-state index in [4.69, 9.17) is 10.7 Å². The fraction of sp³-hybridized carbons (Fsp3) is 0.417. The number of benzene rings is 1. The third-order valence-corrected chi connectivity index (χ3v) is 4.45. The SMILES string of the molecule is CN(CC1CC1)C(=O)c1c(F)ccc(S(=O)(=O)Cl)c1F. The molecular formula is C12H12ClF2NO3S. The van der Waals surface area contributed by atoms with Crippen LogP contribution in [0.4, 0.5) is 8.78 Å². The smallest absolute Gasteiger partial charge is 0.264 e. The number of carbonyl (C=O) groups excluding carboxylic acids is 1. The lowest BCUT2D eigenvalue weighted by atomic mass is 10.1. The van der Waals surface area contributed by atoms with E-state index in [2.05, 4.69) is 0 Å². The van der Waals surface area contributed by atoms with Gasteiger partial charge in [0, 0.05) is 24.3 Å². The van der Waals surface area contributed by atoms with Crippen LogP contribution in [0, 0.1) is 17.6 Å². The second kappa shape index (κ2) is 5.29. The zero-order valence-corrected chi connectivity index (χ0v) is 12.1. The van der Waals surface area contributed by atoms with Gasteiger partial charge in [0.05, 0.1) is 0 Å². The van der Waals surface area contributed by atoms with Gasteiger partial charge in [0.15, 0.2) is 5.82 Å². The van der Waals surface area contributed by atoms with Gasteiger partial charge in [-0.1, -0.05) is 0 Å². The topological polar surface area (TPSA) is 54.5 Å². The normalized spacial score (nSPS) is 15.2. The van der Waals surface area contributed by atoms with Gasteiger partial charge < -0.3 is 4.90 Å². The highest BCUT2D eigenvalue weighted by atomic mass is 35.7. The van der Waals surface area contributed by atoms with Crippen molar-refractivity contribution in [1.82, 2.24) is 4.90 Å². The average molecular weight is 324 g/mol. The Kier molecular flexibility index (Phi) is 4.02. The summed E-state index contributed by atoms with van der Waals surface area (Å²) in [7, 11) is 2.09. The predicted molar refractivity (Wildman–Crippen MR) is 69.1 cm³/mol. The highest BCUT2D eigenvalue weighted by Gasteiger charge is 2.30. The fourth-order valence-electron chi connectivity index (χ4n) is 1.88. The Hall–Kier alpha value is -1.21. The standard InChI is InChI=1S/C12H12ClF2NO3S/c1-16(6-7-2-3-7)12(17)10-8(14)4-5-9(11(10)15)20(13,18)19/h4-5,7H,2-3,6H2,1H3. The Balaban J connectivity index is 2.41. The minimum atomic E-state index is -4.38. The number of nitrogens with zero attached hydrogens (tertiary/aromatic N) is 1. The molecule has 1 aromatic carbocycles. The Bertz CT molecular complexity index is 659. The summed E-state index contributed by atoms with van der Waals surface area (Å²) >= 11 is 0. The van der Waals surface area contributed by atoms with E-state index in [-0.39, 0.29) is 0 Å². The maximum Gasteiger partial charge on any atom is 0.264 e. The number of amides is 1. The van der Waals surface area contributed by atoms with Crippen LogP contribution in [0.5, 0.6) is 0 Å². The molecule has 0 aliphatic heterocycles. The van der Waals surface area contributed by atoms with Crippen LogP contribution in [0.15, 0.2) is 17.0 Å². The van der Waals surface area contributed by atoms with Crippen molar-refractivity contribution >= 4 is 25.6 Å². The maximum absolute atomic E-state index is 14.0. The molecule has 8 heteroatoms. The summed E-state index contributed by atoms with van der Waals surface area (Å²) in [5.41, 5.74) is -0.894. The minimum absolute atomic E-state index is 0.343. The van der Waals surface area contributed by atoms with E-state index < -0.39 is 37.1 Å². The summed E-state index contributed by atoms with van der Waals surface area (Å²) in [6.45, 7) is 0.384. The van der Waals surface area contributed by atoms with Crippen molar-refractivity contribution in [3.8, 4) is 0 Å². The van der Waals surface area contributed by atoms with Crippen molar-refractivity contribution in [2.24, 2.45) is 5.92 Å². The zero-order chi connectivity index (χ0) is 15.1. The average Bonchev–Trinajstić information content (AvgIpc) is 3.10. The first kappa shape index (κ1) is 15.2. The van der Waals surface area contributed by atoms with Gasteiger partial charge >= 0.3 is 0 Å². The van der Waals surface area contributed by atoms with Crippen molar-refractivity contribution in [1.29, 1.82) is 0 Å². The fourth-order valence-corrected chi connectivity index (χ4v) is 2.78. The van der Waals surface area contributed by atoms with E-state index in [1.54, 1.807) is 0 Å². The van der Waals surface area contributed by atoms with E-state index >= 15 is 0 Å². The quantitative estimate of drug-likeness (QED) is 0.799. The molecular weight excluding hydrogens is 312 g/mol. The van der Waals surface area contributed by atoms with Gasteiger partial charge in [0.2, 0.25) is 0 Å². The largest absolute Gasteiger partial charge is 0.341 e. The summed E-state index contributed by atoms with van der Waals surface area (Å²) < 4.78 is 50.1. The third kappa shape index (κ3) is 3.09. The van der Waals surface area contributed by atoms with Crippen molar-refractivity contribution in [3.63, 3.8) is 0 Å². The van der Waals surface area contributed by atoms with Crippen LogP contribution in [0.3, 0.4) is 0 Å². The molecule has 110 valence electrons. The van der Waals surface area contributed by atoms with Gasteiger partial charge in [-0.25, -0.2) is 17.2 Å². The van der Waals surface area contributed by atoms with Crippen LogP contribution in [0.2, 0.25) is 0 Å². The summed E-state index contributed by atoms with van der Waals surface area (Å²) in [6, 6.07) is 1.42. The number of hydrogen-bond donors (Lipinski definition) is 0. The highest BCUT2D eigenvalue weighted by molar-refractivity contribution is 8.13. The highest BCUT2D eigenvalue weighted by Crippen LogP contribution is 2.30. The molecule has 2 rings (SSSR count). The molecule has 1 fully saturated rings. The van der Waals surface area contributed by atoms with Crippen molar-refractivity contribution in [2.45, 2.75) is 17.7 Å². The minimum Gasteiger partial charge on any atom is -0.341 e. The van der Waals surface area contributed by atoms with E-state index in [1.165, 1.54) is 11.9 Å². The van der Waals surface area contributed by atoms with Gasteiger partial charge in [-0.2, -0.15) is 0 Å². The van der Waals surface area contributed by atoms with Crippen LogP contribution >= 0.6 is 10.7 Å². The van der Waals surface area contributed by atoms with Crippen LogP contribution in [-0.4, -0.2) is 32.8 Å². The van der Waals surface area contributed by atoms with Crippen LogP contribution in [-0.2, 0) is 9.05 Å². The molecule has 4 nitrogen and oxygen atoms in total. The molecule has 0 bridgehead atoms. The predicted octanol–water partition coefficient (Wildman–Crippen LogP) is 2.37. The van der Waals surface area contributed by atoms with E-state index in [9.17, 15) is 22.0 Å². The second-order valence-corrected chi connectivity index (χ2v) is 7.34. The molecule has 20 heavy (non-hydrogen) atoms. The molecule has 1 saturated carbocycles. The molecule has 1 amide bonds. The molecule has 1 aliphatic carbocycles. The van der Waals surface area contributed by atoms with Gasteiger partial charge in [0.1, 0.15) is 16.3 Å². The van der Waals surface area contributed by atoms with Crippen LogP contribution in [0.1, 0.15) is 23.2 Å². The lowest BCUT2D eigenvalue weighted by Crippen LogP contribution is -2.30. The van der Waals surface area contributed by atoms with E-state index in [0.717, 1.165) is 18.9 Å². The number of halogens is 3. The monoisotopic (exact) mass is 323 g/mol. The first-order chi connectivity index (χ1) is 9.21. The number of carbonyl (C=O) groups is 1. The summed E-state index contributed by atoms with van der Waals surface area (Å²) in [6.07, 6.45) is 1.94. The van der Waals surface area contributed by atoms with Gasteiger partial charge in [-0.3, -0.25) is 4.79 Å². The van der Waals surface area contributed by atoms with E-state index in [0.29, 0.717) is 18.5 Å². The van der Waals surface area contributed by atoms with Gasteiger partial charge in [0.25, 0.3) is 15.0 Å². The molecule has 0 atom stereocenters. The lowest BCUT2D eigenvalue weighted by molar-refractivity contribution is 0.0778. The van der Waals surface area contributed by atoms with Crippen molar-refractivity contribution in [2.75, 3.05) is 13.6 Å². The summed E-state index contributed by atoms with van der Waals surface area (Å²) in [4.78, 5) is 12.3. The second-order valence-electron chi connectivity index (χ2n) is 4.80. The molecule has 0 N–H and O–H groups in total. The van der Waals surface area contributed by atoms with E-state index in [1.807, 2.05) is 0 Å². The summed E-state index contributed by atoms with van der Waals surface area (Å²) in [5.74, 6) is -3.11. The maximum atomic E-state index is 14.0. The van der Waals surface area contributed by atoms with Crippen molar-refractivity contribution < 1.29 is 22.0 Å². The molecule has 0 spiro atoms. The lowest BCUT2D eigenvalue weighted by Gasteiger charge is -2.18. The summed E-state index contributed by atoms with van der Waals surface area (Å²) in [5, 5.41) is 0. The number of rotatable bonds is 4. The first-order valence-corrected chi connectivity index (χ1v) is 8.21. The Labute approximate surface area is 119 Å². The van der Waals surface area contributed by atoms with Crippen LogP contribution < -0.4 is 0 Å². The molecule has 1 aromatic rings. The zero-order valence-electron chi connectivity index (χ0n) is 10.6. The first-order valence-electron chi connectivity index (χ1n) is 5.90. The van der Waals surface area contributed by atoms with Crippen LogP contribution in [0.25, 0.3) is 0 Å². The molecule has 0 heterocycles. The Morgan fingerprint density at radius 1 is 1.40 bits per heavy atom. The number of hydrogen-bond acceptors (Lipinski definition) is 3. The molecule has 1 aliphatic rings. The molecule has 0 saturated heterocycles. The van der Waals surface area contributed by atoms with Gasteiger partial charge in [-0.15, -0.1) is 0 Å². The molecule has 0 unspecified atom stereocenters. The molecule has 0 aromatic heterocycles. The third-order valence-electron chi connectivity index (χ3n) is 3.11. The Morgan fingerprint density at radius 2 is 2.00 bits per heavy atom. The Morgan fingerprint density at radius 3 is 2.50 bits per heavy atom.